The molecule has 0 aliphatic rings. The van der Waals surface area contributed by atoms with Gasteiger partial charge in [0.25, 0.3) is 0 Å². The number of likely N-dealkylation sites (N-methyl/N-ethyl adjacent to an activating group) is 2. The van der Waals surface area contributed by atoms with Crippen molar-refractivity contribution in [1.82, 2.24) is 10.2 Å². The first-order valence-electron chi connectivity index (χ1n) is 4.39. The van der Waals surface area contributed by atoms with Crippen LogP contribution in [0.25, 0.3) is 0 Å². The highest BCUT2D eigenvalue weighted by molar-refractivity contribution is 4.92. The van der Waals surface area contributed by atoms with Gasteiger partial charge in [0.1, 0.15) is 0 Å². The van der Waals surface area contributed by atoms with Crippen LogP contribution in [0.5, 0.6) is 0 Å². The number of hydrogen-bond acceptors (Lipinski definition) is 2. The fourth-order valence-electron chi connectivity index (χ4n) is 1.27. The highest BCUT2D eigenvalue weighted by Gasteiger charge is 2.16. The minimum atomic E-state index is 0.185. The lowest BCUT2D eigenvalue weighted by Gasteiger charge is -2.30. The molecule has 0 saturated carbocycles. The van der Waals surface area contributed by atoms with Gasteiger partial charge in [-0.3, -0.25) is 0 Å². The fraction of sp³-hybridized carbons (Fsp3) is 0.800. The van der Waals surface area contributed by atoms with Crippen molar-refractivity contribution < 1.29 is 0 Å². The first-order chi connectivity index (χ1) is 5.37. The molecule has 0 fully saturated rings. The Labute approximate surface area is 76.6 Å². The predicted molar refractivity (Wildman–Crippen MR) is 55.4 cm³/mol. The average molecular weight is 170 g/mol. The number of rotatable bonds is 5. The molecule has 2 heteroatoms. The minimum Gasteiger partial charge on any atom is -0.314 e. The van der Waals surface area contributed by atoms with Crippen LogP contribution in [0.2, 0.25) is 0 Å². The van der Waals surface area contributed by atoms with Gasteiger partial charge in [-0.2, -0.15) is 0 Å². The highest BCUT2D eigenvalue weighted by atomic mass is 15.1. The van der Waals surface area contributed by atoms with E-state index in [9.17, 15) is 0 Å². The van der Waals surface area contributed by atoms with Crippen molar-refractivity contribution in [3.63, 3.8) is 0 Å². The first kappa shape index (κ1) is 11.7. The Balaban J connectivity index is 3.83. The van der Waals surface area contributed by atoms with Gasteiger partial charge in [-0.1, -0.05) is 12.2 Å². The molecule has 72 valence electrons. The van der Waals surface area contributed by atoms with Crippen molar-refractivity contribution in [2.75, 3.05) is 27.2 Å². The van der Waals surface area contributed by atoms with Crippen LogP contribution < -0.4 is 5.32 Å². The summed E-state index contributed by atoms with van der Waals surface area (Å²) in [5, 5.41) is 3.27. The molecule has 12 heavy (non-hydrogen) atoms. The van der Waals surface area contributed by atoms with Crippen LogP contribution in [0.3, 0.4) is 0 Å². The first-order valence-corrected chi connectivity index (χ1v) is 4.39. The normalized spacial score (nSPS) is 12.2. The maximum absolute atomic E-state index is 3.89. The molecular formula is C10H22N2. The molecule has 1 N–H and O–H groups in total. The lowest BCUT2D eigenvalue weighted by molar-refractivity contribution is 0.259. The van der Waals surface area contributed by atoms with Gasteiger partial charge in [0.2, 0.25) is 0 Å². The molecule has 0 radical (unpaired) electrons. The third-order valence-corrected chi connectivity index (χ3v) is 1.88. The molecule has 0 spiro atoms. The van der Waals surface area contributed by atoms with E-state index in [0.717, 1.165) is 13.1 Å². The van der Waals surface area contributed by atoms with E-state index in [0.29, 0.717) is 0 Å². The Morgan fingerprint density at radius 2 is 2.00 bits per heavy atom. The van der Waals surface area contributed by atoms with E-state index in [1.165, 1.54) is 5.57 Å². The van der Waals surface area contributed by atoms with Gasteiger partial charge in [0, 0.05) is 18.6 Å². The standard InChI is InChI=1S/C10H22N2/c1-9(2)7-12(6)8-10(3,4)11-5/h11H,1,7-8H2,2-6H3. The maximum Gasteiger partial charge on any atom is 0.0249 e. The van der Waals surface area contributed by atoms with Crippen LogP contribution in [-0.4, -0.2) is 37.6 Å². The fourth-order valence-corrected chi connectivity index (χ4v) is 1.27. The number of nitrogens with zero attached hydrogens (tertiary/aromatic N) is 1. The molecule has 0 aromatic heterocycles. The second-order valence-electron chi connectivity index (χ2n) is 4.26. The monoisotopic (exact) mass is 170 g/mol. The van der Waals surface area contributed by atoms with Crippen LogP contribution in [0.4, 0.5) is 0 Å². The molecular weight excluding hydrogens is 148 g/mol. The van der Waals surface area contributed by atoms with E-state index < -0.39 is 0 Å². The summed E-state index contributed by atoms with van der Waals surface area (Å²) in [6.07, 6.45) is 0. The lowest BCUT2D eigenvalue weighted by atomic mass is 10.1. The molecule has 0 heterocycles. The molecule has 0 aromatic rings. The van der Waals surface area contributed by atoms with Crippen LogP contribution in [-0.2, 0) is 0 Å². The smallest absolute Gasteiger partial charge is 0.0249 e. The number of hydrogen-bond donors (Lipinski definition) is 1. The zero-order valence-electron chi connectivity index (χ0n) is 9.07. The molecule has 2 nitrogen and oxygen atoms in total. The summed E-state index contributed by atoms with van der Waals surface area (Å²) in [5.41, 5.74) is 1.40. The van der Waals surface area contributed by atoms with Gasteiger partial charge in [-0.05, 0) is 34.9 Å². The third kappa shape index (κ3) is 5.33. The van der Waals surface area contributed by atoms with Gasteiger partial charge >= 0.3 is 0 Å². The molecule has 0 rings (SSSR count). The highest BCUT2D eigenvalue weighted by Crippen LogP contribution is 2.04. The van der Waals surface area contributed by atoms with Crippen molar-refractivity contribution in [1.29, 1.82) is 0 Å². The van der Waals surface area contributed by atoms with Gasteiger partial charge < -0.3 is 10.2 Å². The summed E-state index contributed by atoms with van der Waals surface area (Å²) < 4.78 is 0. The maximum atomic E-state index is 3.89. The van der Waals surface area contributed by atoms with Gasteiger partial charge in [-0.25, -0.2) is 0 Å². The summed E-state index contributed by atoms with van der Waals surface area (Å²) in [7, 11) is 4.11. The second kappa shape index (κ2) is 4.63. The van der Waals surface area contributed by atoms with Crippen molar-refractivity contribution in [3.05, 3.63) is 12.2 Å². The Hall–Kier alpha value is -0.340. The average Bonchev–Trinajstić information content (AvgIpc) is 1.84. The van der Waals surface area contributed by atoms with E-state index >= 15 is 0 Å². The van der Waals surface area contributed by atoms with Crippen molar-refractivity contribution in [2.45, 2.75) is 26.3 Å². The zero-order chi connectivity index (χ0) is 9.78. The van der Waals surface area contributed by atoms with Crippen molar-refractivity contribution in [3.8, 4) is 0 Å². The third-order valence-electron chi connectivity index (χ3n) is 1.88. The van der Waals surface area contributed by atoms with E-state index in [2.05, 4.69) is 44.6 Å². The van der Waals surface area contributed by atoms with Gasteiger partial charge in [0.05, 0.1) is 0 Å². The molecule has 0 bridgehead atoms. The van der Waals surface area contributed by atoms with Crippen LogP contribution in [0.15, 0.2) is 12.2 Å². The minimum absolute atomic E-state index is 0.185. The topological polar surface area (TPSA) is 15.3 Å². The summed E-state index contributed by atoms with van der Waals surface area (Å²) >= 11 is 0. The quantitative estimate of drug-likeness (QED) is 0.629. The van der Waals surface area contributed by atoms with Crippen LogP contribution in [0, 0.1) is 0 Å². The Morgan fingerprint density at radius 1 is 1.50 bits per heavy atom. The van der Waals surface area contributed by atoms with Crippen molar-refractivity contribution in [2.24, 2.45) is 0 Å². The molecule has 0 aliphatic carbocycles. The molecule has 0 aliphatic heterocycles. The van der Waals surface area contributed by atoms with Crippen LogP contribution in [0.1, 0.15) is 20.8 Å². The molecule has 0 unspecified atom stereocenters. The molecule has 0 amide bonds. The second-order valence-corrected chi connectivity index (χ2v) is 4.26. The van der Waals surface area contributed by atoms with E-state index in [1.54, 1.807) is 0 Å². The Morgan fingerprint density at radius 3 is 2.33 bits per heavy atom. The lowest BCUT2D eigenvalue weighted by Crippen LogP contribution is -2.46. The number of nitrogens with one attached hydrogen (secondary N) is 1. The van der Waals surface area contributed by atoms with Crippen LogP contribution >= 0.6 is 0 Å². The summed E-state index contributed by atoms with van der Waals surface area (Å²) in [4.78, 5) is 2.28. The van der Waals surface area contributed by atoms with Gasteiger partial charge in [-0.15, -0.1) is 0 Å². The summed E-state index contributed by atoms with van der Waals surface area (Å²) in [6.45, 7) is 12.4. The van der Waals surface area contributed by atoms with E-state index in [4.69, 9.17) is 0 Å². The van der Waals surface area contributed by atoms with Crippen molar-refractivity contribution >= 4 is 0 Å². The Bertz CT molecular complexity index is 150. The SMILES string of the molecule is C=C(C)CN(C)CC(C)(C)NC. The van der Waals surface area contributed by atoms with Gasteiger partial charge in [0.15, 0.2) is 0 Å². The predicted octanol–water partition coefficient (Wildman–Crippen LogP) is 1.49. The Kier molecular flexibility index (Phi) is 4.50. The summed E-state index contributed by atoms with van der Waals surface area (Å²) in [6, 6.07) is 0. The van der Waals surface area contributed by atoms with E-state index in [-0.39, 0.29) is 5.54 Å². The largest absolute Gasteiger partial charge is 0.314 e. The molecule has 0 saturated heterocycles. The molecule has 0 atom stereocenters. The summed E-state index contributed by atoms with van der Waals surface area (Å²) in [5.74, 6) is 0. The van der Waals surface area contributed by atoms with E-state index in [1.807, 2.05) is 7.05 Å². The zero-order valence-corrected chi connectivity index (χ0v) is 9.07. The molecule has 0 aromatic carbocycles.